The third-order valence-corrected chi connectivity index (χ3v) is 4.49. The summed E-state index contributed by atoms with van der Waals surface area (Å²) in [5.74, 6) is 0.839. The van der Waals surface area contributed by atoms with E-state index in [1.807, 2.05) is 58.1 Å². The van der Waals surface area contributed by atoms with E-state index < -0.39 is 0 Å². The molecule has 0 radical (unpaired) electrons. The minimum atomic E-state index is 0.818. The molecule has 134 valence electrons. The number of pyridine rings is 2. The highest BCUT2D eigenvalue weighted by atomic mass is 15.1. The molecule has 0 N–H and O–H groups in total. The maximum absolute atomic E-state index is 4.87. The highest BCUT2D eigenvalue weighted by Crippen LogP contribution is 2.27. The Kier molecular flexibility index (Phi) is 3.99. The first kappa shape index (κ1) is 16.1. The van der Waals surface area contributed by atoms with Crippen molar-refractivity contribution >= 4 is 0 Å². The first-order chi connectivity index (χ1) is 13.9. The van der Waals surface area contributed by atoms with Crippen LogP contribution >= 0.6 is 0 Å². The predicted molar refractivity (Wildman–Crippen MR) is 107 cm³/mol. The smallest absolute Gasteiger partial charge is 0.145 e. The van der Waals surface area contributed by atoms with E-state index in [0.29, 0.717) is 0 Å². The largest absolute Gasteiger partial charge is 0.306 e. The van der Waals surface area contributed by atoms with Crippen LogP contribution < -0.4 is 0 Å². The molecule has 0 aliphatic rings. The zero-order chi connectivity index (χ0) is 18.8. The van der Waals surface area contributed by atoms with Crippen LogP contribution in [0.15, 0.2) is 98.1 Å². The summed E-state index contributed by atoms with van der Waals surface area (Å²) in [4.78, 5) is 17.7. The first-order valence-corrected chi connectivity index (χ1v) is 8.88. The van der Waals surface area contributed by atoms with Crippen LogP contribution in [0.3, 0.4) is 0 Å². The lowest BCUT2D eigenvalue weighted by Gasteiger charge is -2.08. The number of imidazole rings is 2. The predicted octanol–water partition coefficient (Wildman–Crippen LogP) is 4.18. The van der Waals surface area contributed by atoms with Gasteiger partial charge in [0.15, 0.2) is 0 Å². The normalized spacial score (nSPS) is 10.9. The first-order valence-electron chi connectivity index (χ1n) is 8.88. The van der Waals surface area contributed by atoms with Crippen molar-refractivity contribution in [3.8, 4) is 34.2 Å². The number of nitrogens with zero attached hydrogens (tertiary/aromatic N) is 6. The quantitative estimate of drug-likeness (QED) is 0.480. The van der Waals surface area contributed by atoms with Crippen LogP contribution in [-0.4, -0.2) is 29.1 Å². The van der Waals surface area contributed by atoms with Gasteiger partial charge in [-0.25, -0.2) is 9.97 Å². The molecule has 1 aromatic carbocycles. The SMILES string of the molecule is c1ccc(-c2cn(-c3cccnc3)c(-c3ccc(-n4ccnc4)cc3)n2)nc1. The van der Waals surface area contributed by atoms with Crippen LogP contribution in [0.2, 0.25) is 0 Å². The molecule has 0 aliphatic heterocycles. The van der Waals surface area contributed by atoms with Gasteiger partial charge in [-0.3, -0.25) is 14.5 Å². The Hall–Kier alpha value is -4.06. The second-order valence-electron chi connectivity index (χ2n) is 6.26. The standard InChI is InChI=1S/C22H16N6/c1-2-11-25-20(5-1)21-15-28(19-4-3-10-23-14-19)22(26-21)17-6-8-18(9-7-17)27-13-12-24-16-27/h1-16H. The van der Waals surface area contributed by atoms with Crippen molar-refractivity contribution in [1.82, 2.24) is 29.1 Å². The molecule has 0 unspecified atom stereocenters. The lowest BCUT2D eigenvalue weighted by atomic mass is 10.2. The minimum Gasteiger partial charge on any atom is -0.306 e. The van der Waals surface area contributed by atoms with E-state index in [2.05, 4.69) is 39.2 Å². The van der Waals surface area contributed by atoms with Gasteiger partial charge >= 0.3 is 0 Å². The fourth-order valence-electron chi connectivity index (χ4n) is 3.11. The Morgan fingerprint density at radius 1 is 0.714 bits per heavy atom. The van der Waals surface area contributed by atoms with Crippen LogP contribution in [0.4, 0.5) is 0 Å². The van der Waals surface area contributed by atoms with Gasteiger partial charge in [-0.1, -0.05) is 6.07 Å². The van der Waals surface area contributed by atoms with Crippen molar-refractivity contribution in [2.45, 2.75) is 0 Å². The van der Waals surface area contributed by atoms with E-state index in [1.54, 1.807) is 24.9 Å². The van der Waals surface area contributed by atoms with Crippen LogP contribution in [0.25, 0.3) is 34.2 Å². The molecule has 0 saturated heterocycles. The molecule has 4 aromatic heterocycles. The Morgan fingerprint density at radius 2 is 1.64 bits per heavy atom. The Balaban J connectivity index is 1.62. The van der Waals surface area contributed by atoms with E-state index in [1.165, 1.54) is 0 Å². The molecular formula is C22H16N6. The number of aromatic nitrogens is 6. The number of hydrogen-bond donors (Lipinski definition) is 0. The van der Waals surface area contributed by atoms with Crippen molar-refractivity contribution in [3.05, 3.63) is 98.1 Å². The van der Waals surface area contributed by atoms with Gasteiger partial charge in [0.1, 0.15) is 11.5 Å². The topological polar surface area (TPSA) is 61.4 Å². The second kappa shape index (κ2) is 6.92. The van der Waals surface area contributed by atoms with Gasteiger partial charge < -0.3 is 4.57 Å². The van der Waals surface area contributed by atoms with E-state index in [-0.39, 0.29) is 0 Å². The maximum atomic E-state index is 4.87. The maximum Gasteiger partial charge on any atom is 0.145 e. The Bertz CT molecular complexity index is 1180. The summed E-state index contributed by atoms with van der Waals surface area (Å²) in [6.45, 7) is 0. The highest BCUT2D eigenvalue weighted by Gasteiger charge is 2.14. The van der Waals surface area contributed by atoms with E-state index in [0.717, 1.165) is 34.2 Å². The number of benzene rings is 1. The molecule has 0 amide bonds. The molecule has 6 nitrogen and oxygen atoms in total. The fraction of sp³-hybridized carbons (Fsp3) is 0. The van der Waals surface area contributed by atoms with Gasteiger partial charge in [-0.2, -0.15) is 0 Å². The second-order valence-corrected chi connectivity index (χ2v) is 6.26. The lowest BCUT2D eigenvalue weighted by molar-refractivity contribution is 1.04. The summed E-state index contributed by atoms with van der Waals surface area (Å²) in [5, 5.41) is 0. The summed E-state index contributed by atoms with van der Waals surface area (Å²) in [6, 6.07) is 18.0. The van der Waals surface area contributed by atoms with Gasteiger partial charge in [0.25, 0.3) is 0 Å². The van der Waals surface area contributed by atoms with E-state index >= 15 is 0 Å². The molecule has 28 heavy (non-hydrogen) atoms. The third-order valence-electron chi connectivity index (χ3n) is 4.49. The van der Waals surface area contributed by atoms with Crippen LogP contribution in [0, 0.1) is 0 Å². The summed E-state index contributed by atoms with van der Waals surface area (Å²) < 4.78 is 4.01. The third kappa shape index (κ3) is 2.97. The van der Waals surface area contributed by atoms with Gasteiger partial charge in [0.2, 0.25) is 0 Å². The molecule has 5 aromatic rings. The average Bonchev–Trinajstić information content (AvgIpc) is 3.46. The lowest BCUT2D eigenvalue weighted by Crippen LogP contribution is -1.97. The Labute approximate surface area is 161 Å². The highest BCUT2D eigenvalue weighted by molar-refractivity contribution is 5.66. The summed E-state index contributed by atoms with van der Waals surface area (Å²) in [7, 11) is 0. The molecule has 0 atom stereocenters. The van der Waals surface area contributed by atoms with Crippen molar-refractivity contribution in [2.75, 3.05) is 0 Å². The molecule has 0 fully saturated rings. The molecule has 0 bridgehead atoms. The zero-order valence-electron chi connectivity index (χ0n) is 14.9. The van der Waals surface area contributed by atoms with Crippen molar-refractivity contribution in [3.63, 3.8) is 0 Å². The van der Waals surface area contributed by atoms with Gasteiger partial charge in [0.05, 0.1) is 23.9 Å². The molecule has 0 aliphatic carbocycles. The minimum absolute atomic E-state index is 0.818. The van der Waals surface area contributed by atoms with Crippen LogP contribution in [0.5, 0.6) is 0 Å². The molecule has 6 heteroatoms. The van der Waals surface area contributed by atoms with Gasteiger partial charge in [-0.15, -0.1) is 0 Å². The van der Waals surface area contributed by atoms with Crippen molar-refractivity contribution in [1.29, 1.82) is 0 Å². The molecular weight excluding hydrogens is 348 g/mol. The molecule has 0 spiro atoms. The summed E-state index contributed by atoms with van der Waals surface area (Å²) in [6.07, 6.45) is 12.8. The van der Waals surface area contributed by atoms with Gasteiger partial charge in [-0.05, 0) is 48.5 Å². The average molecular weight is 364 g/mol. The van der Waals surface area contributed by atoms with Crippen LogP contribution in [-0.2, 0) is 0 Å². The number of rotatable bonds is 4. The molecule has 4 heterocycles. The van der Waals surface area contributed by atoms with Crippen molar-refractivity contribution in [2.24, 2.45) is 0 Å². The Morgan fingerprint density at radius 3 is 2.36 bits per heavy atom. The van der Waals surface area contributed by atoms with Gasteiger partial charge in [0, 0.05) is 42.2 Å². The summed E-state index contributed by atoms with van der Waals surface area (Å²) in [5.41, 5.74) is 4.66. The molecule has 5 rings (SSSR count). The summed E-state index contributed by atoms with van der Waals surface area (Å²) >= 11 is 0. The van der Waals surface area contributed by atoms with E-state index in [4.69, 9.17) is 4.98 Å². The van der Waals surface area contributed by atoms with Crippen LogP contribution in [0.1, 0.15) is 0 Å². The van der Waals surface area contributed by atoms with E-state index in [9.17, 15) is 0 Å². The monoisotopic (exact) mass is 364 g/mol. The molecule has 0 saturated carbocycles. The van der Waals surface area contributed by atoms with Crippen molar-refractivity contribution < 1.29 is 0 Å². The fourth-order valence-corrected chi connectivity index (χ4v) is 3.11. The number of hydrogen-bond acceptors (Lipinski definition) is 4. The zero-order valence-corrected chi connectivity index (χ0v) is 14.9.